The lowest BCUT2D eigenvalue weighted by atomic mass is 10.1. The number of hydrogen-bond donors (Lipinski definition) is 1. The number of ether oxygens (including phenoxy) is 2. The van der Waals surface area contributed by atoms with Crippen LogP contribution in [-0.2, 0) is 24.3 Å². The fourth-order valence-electron chi connectivity index (χ4n) is 2.91. The second-order valence-electron chi connectivity index (χ2n) is 7.33. The third-order valence-corrected chi connectivity index (χ3v) is 6.54. The van der Waals surface area contributed by atoms with E-state index in [4.69, 9.17) is 9.47 Å². The van der Waals surface area contributed by atoms with Crippen molar-refractivity contribution in [1.82, 2.24) is 9.62 Å². The normalized spacial score (nSPS) is 11.3. The van der Waals surface area contributed by atoms with Gasteiger partial charge in [-0.1, -0.05) is 30.8 Å². The molecule has 0 bridgehead atoms. The lowest BCUT2D eigenvalue weighted by Crippen LogP contribution is -2.34. The van der Waals surface area contributed by atoms with Crippen LogP contribution in [0.1, 0.15) is 6.92 Å². The zero-order chi connectivity index (χ0) is 23.9. The minimum Gasteiger partial charge on any atom is -0.460 e. The summed E-state index contributed by atoms with van der Waals surface area (Å²) in [6, 6.07) is 10.7. The van der Waals surface area contributed by atoms with E-state index in [1.54, 1.807) is 18.2 Å². The number of sulfonamides is 1. The van der Waals surface area contributed by atoms with E-state index in [1.165, 1.54) is 14.0 Å². The molecule has 0 saturated heterocycles. The monoisotopic (exact) mass is 463 g/mol. The van der Waals surface area contributed by atoms with Gasteiger partial charge in [-0.05, 0) is 19.1 Å². The molecule has 10 heteroatoms. The molecule has 0 aliphatic carbocycles. The maximum atomic E-state index is 13.1. The first-order valence-corrected chi connectivity index (χ1v) is 11.4. The van der Waals surface area contributed by atoms with Crippen LogP contribution in [0.3, 0.4) is 0 Å². The maximum absolute atomic E-state index is 13.1. The molecule has 0 heterocycles. The largest absolute Gasteiger partial charge is 0.460 e. The smallest absolute Gasteiger partial charge is 0.407 e. The predicted octanol–water partition coefficient (Wildman–Crippen LogP) is 2.37. The molecule has 9 nitrogen and oxygen atoms in total. The van der Waals surface area contributed by atoms with Crippen LogP contribution >= 0.6 is 0 Å². The second kappa shape index (κ2) is 11.0. The Labute approximate surface area is 188 Å². The van der Waals surface area contributed by atoms with E-state index < -0.39 is 22.1 Å². The van der Waals surface area contributed by atoms with Crippen LogP contribution in [0.15, 0.2) is 53.4 Å². The van der Waals surface area contributed by atoms with Gasteiger partial charge in [-0.3, -0.25) is 0 Å². The Balaban J connectivity index is 1.95. The first-order chi connectivity index (χ1) is 15.1. The standard InChI is InChI=1S/C22H29N3O6S/c1-16(2)21(26)30-14-12-23-22(27)31-15-13-25(5)32(28,29)20-11-7-8-17-18(20)9-6-10-19(17)24(3)4/h6-11H,1,12-15H2,2-5H3,(H,23,27). The van der Waals surface area contributed by atoms with Crippen LogP contribution < -0.4 is 10.2 Å². The molecule has 0 spiro atoms. The summed E-state index contributed by atoms with van der Waals surface area (Å²) in [5.41, 5.74) is 1.18. The molecule has 0 atom stereocenters. The molecule has 2 aromatic rings. The number of alkyl carbamates (subject to hydrolysis) is 1. The van der Waals surface area contributed by atoms with E-state index in [2.05, 4.69) is 11.9 Å². The Bertz CT molecular complexity index is 1100. The third-order valence-electron chi connectivity index (χ3n) is 4.62. The molecule has 2 rings (SSSR count). The molecule has 0 aliphatic rings. The van der Waals surface area contributed by atoms with Gasteiger partial charge in [-0.2, -0.15) is 4.31 Å². The summed E-state index contributed by atoms with van der Waals surface area (Å²) in [6.45, 7) is 4.86. The SMILES string of the molecule is C=C(C)C(=O)OCCNC(=O)OCCN(C)S(=O)(=O)c1cccc2c(N(C)C)cccc12. The Hall–Kier alpha value is -3.11. The molecule has 174 valence electrons. The number of nitrogens with zero attached hydrogens (tertiary/aromatic N) is 2. The first-order valence-electron chi connectivity index (χ1n) is 9.94. The highest BCUT2D eigenvalue weighted by Crippen LogP contribution is 2.31. The molecule has 0 aliphatic heterocycles. The van der Waals surface area contributed by atoms with Crippen molar-refractivity contribution in [1.29, 1.82) is 0 Å². The van der Waals surface area contributed by atoms with E-state index in [0.29, 0.717) is 5.39 Å². The lowest BCUT2D eigenvalue weighted by molar-refractivity contribution is -0.138. The minimum atomic E-state index is -3.81. The van der Waals surface area contributed by atoms with Gasteiger partial charge < -0.3 is 19.7 Å². The average molecular weight is 464 g/mol. The number of hydrogen-bond acceptors (Lipinski definition) is 7. The van der Waals surface area contributed by atoms with Gasteiger partial charge in [0.05, 0.1) is 11.4 Å². The topological polar surface area (TPSA) is 105 Å². The van der Waals surface area contributed by atoms with Crippen molar-refractivity contribution < 1.29 is 27.5 Å². The lowest BCUT2D eigenvalue weighted by Gasteiger charge is -2.20. The van der Waals surface area contributed by atoms with E-state index in [-0.39, 0.29) is 36.8 Å². The number of amides is 1. The quantitative estimate of drug-likeness (QED) is 0.328. The van der Waals surface area contributed by atoms with E-state index >= 15 is 0 Å². The summed E-state index contributed by atoms with van der Waals surface area (Å²) in [7, 11) is 1.42. The average Bonchev–Trinajstić information content (AvgIpc) is 2.75. The van der Waals surface area contributed by atoms with Crippen LogP contribution in [-0.4, -0.2) is 72.2 Å². The fourth-order valence-corrected chi connectivity index (χ4v) is 4.26. The van der Waals surface area contributed by atoms with Crippen molar-refractivity contribution >= 4 is 38.5 Å². The predicted molar refractivity (Wildman–Crippen MR) is 123 cm³/mol. The molecule has 2 aromatic carbocycles. The Morgan fingerprint density at radius 1 is 1.00 bits per heavy atom. The maximum Gasteiger partial charge on any atom is 0.407 e. The Kier molecular flexibility index (Phi) is 8.62. The van der Waals surface area contributed by atoms with Crippen molar-refractivity contribution in [3.05, 3.63) is 48.6 Å². The molecular weight excluding hydrogens is 434 g/mol. The van der Waals surface area contributed by atoms with Crippen molar-refractivity contribution in [2.75, 3.05) is 52.3 Å². The number of carbonyl (C=O) groups is 2. The third kappa shape index (κ3) is 6.21. The van der Waals surface area contributed by atoms with Gasteiger partial charge in [0.15, 0.2) is 0 Å². The highest BCUT2D eigenvalue weighted by molar-refractivity contribution is 7.89. The van der Waals surface area contributed by atoms with Crippen LogP contribution in [0.25, 0.3) is 10.8 Å². The number of fused-ring (bicyclic) bond motifs is 1. The van der Waals surface area contributed by atoms with Crippen molar-refractivity contribution in [3.63, 3.8) is 0 Å². The zero-order valence-electron chi connectivity index (χ0n) is 18.8. The summed E-state index contributed by atoms with van der Waals surface area (Å²) in [4.78, 5) is 25.1. The molecule has 0 fully saturated rings. The minimum absolute atomic E-state index is 0.0227. The molecule has 0 saturated carbocycles. The number of esters is 1. The summed E-state index contributed by atoms with van der Waals surface area (Å²) in [5.74, 6) is -0.543. The molecular formula is C22H29N3O6S. The summed E-state index contributed by atoms with van der Waals surface area (Å²) in [6.07, 6.45) is -0.733. The second-order valence-corrected chi connectivity index (χ2v) is 9.34. The van der Waals surface area contributed by atoms with E-state index in [9.17, 15) is 18.0 Å². The highest BCUT2D eigenvalue weighted by Gasteiger charge is 2.23. The summed E-state index contributed by atoms with van der Waals surface area (Å²) >= 11 is 0. The first kappa shape index (κ1) is 25.2. The van der Waals surface area contributed by atoms with Gasteiger partial charge in [-0.25, -0.2) is 18.0 Å². The van der Waals surface area contributed by atoms with Gasteiger partial charge in [0, 0.05) is 49.7 Å². The van der Waals surface area contributed by atoms with Crippen LogP contribution in [0.2, 0.25) is 0 Å². The van der Waals surface area contributed by atoms with Crippen LogP contribution in [0, 0.1) is 0 Å². The van der Waals surface area contributed by atoms with Crippen molar-refractivity contribution in [2.24, 2.45) is 0 Å². The number of anilines is 1. The Morgan fingerprint density at radius 3 is 2.31 bits per heavy atom. The summed E-state index contributed by atoms with van der Waals surface area (Å²) in [5, 5.41) is 3.87. The number of carbonyl (C=O) groups excluding carboxylic acids is 2. The highest BCUT2D eigenvalue weighted by atomic mass is 32.2. The number of likely N-dealkylation sites (N-methyl/N-ethyl adjacent to an activating group) is 1. The number of rotatable bonds is 10. The molecule has 0 unspecified atom stereocenters. The summed E-state index contributed by atoms with van der Waals surface area (Å²) < 4.78 is 37.3. The molecule has 0 aromatic heterocycles. The van der Waals surface area contributed by atoms with Crippen LogP contribution in [0.5, 0.6) is 0 Å². The molecule has 1 N–H and O–H groups in total. The molecule has 0 radical (unpaired) electrons. The number of nitrogens with one attached hydrogen (secondary N) is 1. The number of benzene rings is 2. The van der Waals surface area contributed by atoms with Gasteiger partial charge in [-0.15, -0.1) is 0 Å². The van der Waals surface area contributed by atoms with E-state index in [0.717, 1.165) is 15.4 Å². The molecule has 32 heavy (non-hydrogen) atoms. The van der Waals surface area contributed by atoms with E-state index in [1.807, 2.05) is 37.2 Å². The van der Waals surface area contributed by atoms with Gasteiger partial charge in [0.1, 0.15) is 13.2 Å². The fraction of sp³-hybridized carbons (Fsp3) is 0.364. The van der Waals surface area contributed by atoms with Crippen molar-refractivity contribution in [2.45, 2.75) is 11.8 Å². The molecule has 1 amide bonds. The van der Waals surface area contributed by atoms with Gasteiger partial charge in [0.2, 0.25) is 10.0 Å². The van der Waals surface area contributed by atoms with Crippen LogP contribution in [0.4, 0.5) is 10.5 Å². The van der Waals surface area contributed by atoms with Gasteiger partial charge >= 0.3 is 12.1 Å². The van der Waals surface area contributed by atoms with Gasteiger partial charge in [0.25, 0.3) is 0 Å². The Morgan fingerprint density at radius 2 is 1.66 bits per heavy atom. The van der Waals surface area contributed by atoms with Crippen molar-refractivity contribution in [3.8, 4) is 0 Å². The zero-order valence-corrected chi connectivity index (χ0v) is 19.6.